The van der Waals surface area contributed by atoms with E-state index in [9.17, 15) is 9.90 Å². The number of aliphatic carboxylic acids is 1. The number of hydrogen-bond acceptors (Lipinski definition) is 3. The van der Waals surface area contributed by atoms with Gasteiger partial charge in [-0.2, -0.15) is 0 Å². The van der Waals surface area contributed by atoms with Gasteiger partial charge in [0.05, 0.1) is 12.2 Å². The SMILES string of the molecule is CCCCC[C@@H](O)/C=C/[C@H]1O[C@@H]1CCCCCCCC(=O)O. The van der Waals surface area contributed by atoms with Crippen molar-refractivity contribution in [1.29, 1.82) is 0 Å². The van der Waals surface area contributed by atoms with Gasteiger partial charge in [0, 0.05) is 6.42 Å². The highest BCUT2D eigenvalue weighted by molar-refractivity contribution is 5.66. The third-order valence-electron chi connectivity index (χ3n) is 4.13. The van der Waals surface area contributed by atoms with Gasteiger partial charge in [0.1, 0.15) is 6.10 Å². The Balaban J connectivity index is 1.92. The molecule has 22 heavy (non-hydrogen) atoms. The molecule has 4 heteroatoms. The number of carboxylic acids is 1. The Labute approximate surface area is 134 Å². The van der Waals surface area contributed by atoms with Crippen molar-refractivity contribution in [3.05, 3.63) is 12.2 Å². The number of rotatable bonds is 14. The molecule has 0 aromatic carbocycles. The van der Waals surface area contributed by atoms with E-state index >= 15 is 0 Å². The van der Waals surface area contributed by atoms with E-state index in [1.165, 1.54) is 12.8 Å². The van der Waals surface area contributed by atoms with E-state index in [0.29, 0.717) is 12.5 Å². The van der Waals surface area contributed by atoms with Crippen LogP contribution in [0, 0.1) is 0 Å². The molecule has 1 aliphatic rings. The molecule has 0 saturated carbocycles. The minimum absolute atomic E-state index is 0.202. The maximum absolute atomic E-state index is 10.4. The Bertz CT molecular complexity index is 327. The number of carbonyl (C=O) groups is 1. The molecule has 0 unspecified atom stereocenters. The largest absolute Gasteiger partial charge is 0.481 e. The number of epoxide rings is 1. The van der Waals surface area contributed by atoms with Gasteiger partial charge in [0.25, 0.3) is 0 Å². The Morgan fingerprint density at radius 3 is 2.59 bits per heavy atom. The third-order valence-corrected chi connectivity index (χ3v) is 4.13. The monoisotopic (exact) mass is 312 g/mol. The second-order valence-electron chi connectivity index (χ2n) is 6.29. The number of ether oxygens (including phenoxy) is 1. The zero-order valence-electron chi connectivity index (χ0n) is 13.9. The van der Waals surface area contributed by atoms with E-state index in [4.69, 9.17) is 9.84 Å². The maximum atomic E-state index is 10.4. The van der Waals surface area contributed by atoms with Crippen LogP contribution in [0.25, 0.3) is 0 Å². The second-order valence-corrected chi connectivity index (χ2v) is 6.29. The van der Waals surface area contributed by atoms with Crippen molar-refractivity contribution < 1.29 is 19.7 Å². The van der Waals surface area contributed by atoms with Gasteiger partial charge < -0.3 is 14.9 Å². The molecule has 0 spiro atoms. The predicted octanol–water partition coefficient (Wildman–Crippen LogP) is 4.07. The molecule has 1 rings (SSSR count). The molecule has 4 nitrogen and oxygen atoms in total. The van der Waals surface area contributed by atoms with E-state index in [0.717, 1.165) is 51.4 Å². The van der Waals surface area contributed by atoms with Crippen molar-refractivity contribution in [2.75, 3.05) is 0 Å². The van der Waals surface area contributed by atoms with Gasteiger partial charge in [-0.1, -0.05) is 64.0 Å². The molecule has 1 heterocycles. The highest BCUT2D eigenvalue weighted by atomic mass is 16.6. The summed E-state index contributed by atoms with van der Waals surface area (Å²) in [5.41, 5.74) is 0. The van der Waals surface area contributed by atoms with Crippen LogP contribution in [0.4, 0.5) is 0 Å². The van der Waals surface area contributed by atoms with Crippen molar-refractivity contribution >= 4 is 5.97 Å². The first-order chi connectivity index (χ1) is 10.6. The van der Waals surface area contributed by atoms with Crippen molar-refractivity contribution in [3.8, 4) is 0 Å². The highest BCUT2D eigenvalue weighted by Crippen LogP contribution is 2.29. The van der Waals surface area contributed by atoms with Gasteiger partial charge in [0.2, 0.25) is 0 Å². The number of unbranched alkanes of at least 4 members (excludes halogenated alkanes) is 6. The van der Waals surface area contributed by atoms with E-state index < -0.39 is 5.97 Å². The predicted molar refractivity (Wildman–Crippen MR) is 87.9 cm³/mol. The van der Waals surface area contributed by atoms with Crippen LogP contribution in [0.2, 0.25) is 0 Å². The van der Waals surface area contributed by atoms with E-state index in [1.54, 1.807) is 0 Å². The lowest BCUT2D eigenvalue weighted by Crippen LogP contribution is -2.02. The van der Waals surface area contributed by atoms with Gasteiger partial charge in [-0.05, 0) is 19.3 Å². The zero-order chi connectivity index (χ0) is 16.2. The number of aliphatic hydroxyl groups is 1. The van der Waals surface area contributed by atoms with Gasteiger partial charge >= 0.3 is 5.97 Å². The summed E-state index contributed by atoms with van der Waals surface area (Å²) in [6.45, 7) is 2.16. The molecule has 128 valence electrons. The standard InChI is InChI=1S/C18H32O4/c1-2-3-7-10-15(19)13-14-17-16(22-17)11-8-5-4-6-9-12-18(20)21/h13-17,19H,2-12H2,1H3,(H,20,21)/b14-13+/t15-,16-,17-/m1/s1. The molecule has 0 aromatic rings. The number of aliphatic hydroxyl groups excluding tert-OH is 1. The van der Waals surface area contributed by atoms with Crippen LogP contribution in [0.1, 0.15) is 77.6 Å². The first kappa shape index (κ1) is 19.2. The summed E-state index contributed by atoms with van der Waals surface area (Å²) in [7, 11) is 0. The van der Waals surface area contributed by atoms with Crippen molar-refractivity contribution in [2.45, 2.75) is 95.9 Å². The van der Waals surface area contributed by atoms with Crippen LogP contribution in [-0.4, -0.2) is 34.5 Å². The molecule has 0 aromatic heterocycles. The normalized spacial score (nSPS) is 22.1. The third kappa shape index (κ3) is 9.96. The van der Waals surface area contributed by atoms with Crippen LogP contribution in [-0.2, 0) is 9.53 Å². The summed E-state index contributed by atoms with van der Waals surface area (Å²) in [6, 6.07) is 0. The highest BCUT2D eigenvalue weighted by Gasteiger charge is 2.35. The molecule has 3 atom stereocenters. The lowest BCUT2D eigenvalue weighted by atomic mass is 10.1. The molecule has 0 radical (unpaired) electrons. The van der Waals surface area contributed by atoms with Crippen LogP contribution >= 0.6 is 0 Å². The van der Waals surface area contributed by atoms with Crippen LogP contribution in [0.15, 0.2) is 12.2 Å². The molecule has 1 aliphatic heterocycles. The molecule has 1 fully saturated rings. The second kappa shape index (κ2) is 11.7. The molecular weight excluding hydrogens is 280 g/mol. The average molecular weight is 312 g/mol. The van der Waals surface area contributed by atoms with E-state index in [-0.39, 0.29) is 12.2 Å². The first-order valence-electron chi connectivity index (χ1n) is 8.87. The van der Waals surface area contributed by atoms with Crippen molar-refractivity contribution in [2.24, 2.45) is 0 Å². The lowest BCUT2D eigenvalue weighted by Gasteiger charge is -2.03. The molecule has 0 bridgehead atoms. The molecule has 2 N–H and O–H groups in total. The fourth-order valence-corrected chi connectivity index (χ4v) is 2.65. The Hall–Kier alpha value is -0.870. The maximum Gasteiger partial charge on any atom is 0.303 e. The molecule has 0 aliphatic carbocycles. The first-order valence-corrected chi connectivity index (χ1v) is 8.87. The molecule has 0 amide bonds. The summed E-state index contributed by atoms with van der Waals surface area (Å²) in [6.07, 6.45) is 14.9. The van der Waals surface area contributed by atoms with Gasteiger partial charge in [-0.25, -0.2) is 0 Å². The minimum Gasteiger partial charge on any atom is -0.481 e. The Kier molecular flexibility index (Phi) is 10.2. The van der Waals surface area contributed by atoms with Crippen molar-refractivity contribution in [1.82, 2.24) is 0 Å². The summed E-state index contributed by atoms with van der Waals surface area (Å²) < 4.78 is 5.58. The quantitative estimate of drug-likeness (QED) is 0.288. The van der Waals surface area contributed by atoms with E-state index in [2.05, 4.69) is 6.92 Å². The van der Waals surface area contributed by atoms with Gasteiger partial charge in [-0.15, -0.1) is 0 Å². The van der Waals surface area contributed by atoms with Crippen LogP contribution < -0.4 is 0 Å². The summed E-state index contributed by atoms with van der Waals surface area (Å²) in [5.74, 6) is -0.696. The van der Waals surface area contributed by atoms with Gasteiger partial charge in [-0.3, -0.25) is 4.79 Å². The molecular formula is C18H32O4. The summed E-state index contributed by atoms with van der Waals surface area (Å²) >= 11 is 0. The minimum atomic E-state index is -0.696. The zero-order valence-corrected chi connectivity index (χ0v) is 13.9. The van der Waals surface area contributed by atoms with E-state index in [1.807, 2.05) is 12.2 Å². The number of carboxylic acid groups (broad SMARTS) is 1. The Morgan fingerprint density at radius 2 is 1.86 bits per heavy atom. The average Bonchev–Trinajstić information content (AvgIpc) is 3.22. The topological polar surface area (TPSA) is 70.1 Å². The summed E-state index contributed by atoms with van der Waals surface area (Å²) in [5, 5.41) is 18.3. The fraction of sp³-hybridized carbons (Fsp3) is 0.833. The van der Waals surface area contributed by atoms with Crippen LogP contribution in [0.3, 0.4) is 0 Å². The Morgan fingerprint density at radius 1 is 1.14 bits per heavy atom. The summed E-state index contributed by atoms with van der Waals surface area (Å²) in [4.78, 5) is 10.4. The van der Waals surface area contributed by atoms with Crippen molar-refractivity contribution in [3.63, 3.8) is 0 Å². The molecule has 1 saturated heterocycles. The number of hydrogen-bond donors (Lipinski definition) is 2. The lowest BCUT2D eigenvalue weighted by molar-refractivity contribution is -0.137. The van der Waals surface area contributed by atoms with Gasteiger partial charge in [0.15, 0.2) is 0 Å². The smallest absolute Gasteiger partial charge is 0.303 e. The fourth-order valence-electron chi connectivity index (χ4n) is 2.65. The van der Waals surface area contributed by atoms with Crippen LogP contribution in [0.5, 0.6) is 0 Å².